The first kappa shape index (κ1) is 15.7. The minimum absolute atomic E-state index is 0.0627. The summed E-state index contributed by atoms with van der Waals surface area (Å²) in [5, 5.41) is 9.85. The number of carboxylic acid groups (broad SMARTS) is 1. The Balaban J connectivity index is 1.53. The maximum Gasteiger partial charge on any atom is 0.354 e. The van der Waals surface area contributed by atoms with E-state index in [0.717, 1.165) is 24.1 Å². The average molecular weight is 314 g/mol. The highest BCUT2D eigenvalue weighted by molar-refractivity contribution is 5.90. The molecule has 0 radical (unpaired) electrons. The first-order valence-electron chi connectivity index (χ1n) is 8.22. The predicted molar refractivity (Wildman–Crippen MR) is 89.1 cm³/mol. The predicted octanol–water partition coefficient (Wildman–Crippen LogP) is 3.19. The van der Waals surface area contributed by atoms with Crippen LogP contribution in [0.25, 0.3) is 10.9 Å². The Hall–Kier alpha value is -2.14. The highest BCUT2D eigenvalue weighted by Crippen LogP contribution is 2.20. The number of benzene rings is 1. The van der Waals surface area contributed by atoms with E-state index in [1.54, 1.807) is 6.07 Å². The second-order valence-corrected chi connectivity index (χ2v) is 5.96. The number of pyridine rings is 1. The van der Waals surface area contributed by atoms with Gasteiger partial charge in [-0.3, -0.25) is 0 Å². The van der Waals surface area contributed by atoms with Gasteiger partial charge in [0.25, 0.3) is 0 Å². The lowest BCUT2D eigenvalue weighted by atomic mass is 10.1. The quantitative estimate of drug-likeness (QED) is 0.830. The summed E-state index contributed by atoms with van der Waals surface area (Å²) in [5.41, 5.74) is 0.735. The molecule has 1 N–H and O–H groups in total. The number of aromatic nitrogens is 1. The maximum atomic E-state index is 10.9. The Morgan fingerprint density at radius 2 is 2.00 bits per heavy atom. The molecular formula is C18H22N2O3. The maximum absolute atomic E-state index is 10.9. The van der Waals surface area contributed by atoms with Crippen LogP contribution in [-0.2, 0) is 0 Å². The monoisotopic (exact) mass is 314 g/mol. The molecular weight excluding hydrogens is 292 g/mol. The lowest BCUT2D eigenvalue weighted by Crippen LogP contribution is -2.31. The number of likely N-dealkylation sites (tertiary alicyclic amines) is 1. The van der Waals surface area contributed by atoms with Gasteiger partial charge in [-0.05, 0) is 56.6 Å². The summed E-state index contributed by atoms with van der Waals surface area (Å²) >= 11 is 0. The van der Waals surface area contributed by atoms with Crippen LogP contribution in [0, 0.1) is 0 Å². The van der Waals surface area contributed by atoms with Crippen molar-refractivity contribution >= 4 is 16.9 Å². The Kier molecular flexibility index (Phi) is 5.08. The third-order valence-electron chi connectivity index (χ3n) is 4.22. The molecule has 1 aliphatic heterocycles. The smallest absolute Gasteiger partial charge is 0.354 e. The van der Waals surface area contributed by atoms with Crippen LogP contribution in [-0.4, -0.2) is 47.2 Å². The average Bonchev–Trinajstić information content (AvgIpc) is 2.59. The number of carbonyl (C=O) groups is 1. The minimum atomic E-state index is -1.01. The van der Waals surface area contributed by atoms with Gasteiger partial charge in [-0.1, -0.05) is 12.5 Å². The van der Waals surface area contributed by atoms with Crippen molar-refractivity contribution in [2.24, 2.45) is 0 Å². The van der Waals surface area contributed by atoms with Crippen LogP contribution in [0.4, 0.5) is 0 Å². The largest absolute Gasteiger partial charge is 0.494 e. The molecule has 1 aromatic heterocycles. The van der Waals surface area contributed by atoms with E-state index in [-0.39, 0.29) is 5.69 Å². The molecule has 0 unspecified atom stereocenters. The van der Waals surface area contributed by atoms with Crippen LogP contribution in [0.15, 0.2) is 30.3 Å². The fraction of sp³-hybridized carbons (Fsp3) is 0.444. The molecule has 0 bridgehead atoms. The summed E-state index contributed by atoms with van der Waals surface area (Å²) < 4.78 is 5.81. The van der Waals surface area contributed by atoms with Crippen molar-refractivity contribution in [3.8, 4) is 5.75 Å². The molecule has 5 nitrogen and oxygen atoms in total. The summed E-state index contributed by atoms with van der Waals surface area (Å²) in [6.45, 7) is 4.22. The standard InChI is InChI=1S/C18H22N2O3/c21-18(22)17-7-5-14-13-15(6-8-16(14)19-17)23-12-4-11-20-9-2-1-3-10-20/h5-8,13H,1-4,9-12H2,(H,21,22). The van der Waals surface area contributed by atoms with Crippen LogP contribution in [0.3, 0.4) is 0 Å². The fourth-order valence-electron chi connectivity index (χ4n) is 2.97. The molecule has 2 aromatic rings. The van der Waals surface area contributed by atoms with E-state index in [4.69, 9.17) is 9.84 Å². The number of hydrogen-bond donors (Lipinski definition) is 1. The van der Waals surface area contributed by atoms with E-state index in [2.05, 4.69) is 9.88 Å². The van der Waals surface area contributed by atoms with Crippen molar-refractivity contribution in [1.82, 2.24) is 9.88 Å². The Labute approximate surface area is 135 Å². The number of rotatable bonds is 6. The van der Waals surface area contributed by atoms with E-state index >= 15 is 0 Å². The molecule has 0 spiro atoms. The van der Waals surface area contributed by atoms with E-state index in [0.29, 0.717) is 12.1 Å². The molecule has 3 rings (SSSR count). The Morgan fingerprint density at radius 3 is 2.78 bits per heavy atom. The first-order valence-corrected chi connectivity index (χ1v) is 8.22. The van der Waals surface area contributed by atoms with Crippen LogP contribution >= 0.6 is 0 Å². The molecule has 5 heteroatoms. The molecule has 1 fully saturated rings. The molecule has 0 amide bonds. The SMILES string of the molecule is O=C(O)c1ccc2cc(OCCCN3CCCCC3)ccc2n1. The number of ether oxygens (including phenoxy) is 1. The normalized spacial score (nSPS) is 15.7. The van der Waals surface area contributed by atoms with Gasteiger partial charge in [-0.15, -0.1) is 0 Å². The van der Waals surface area contributed by atoms with Crippen molar-refractivity contribution in [2.45, 2.75) is 25.7 Å². The fourth-order valence-corrected chi connectivity index (χ4v) is 2.97. The molecule has 0 aliphatic carbocycles. The van der Waals surface area contributed by atoms with E-state index in [9.17, 15) is 4.79 Å². The number of hydrogen-bond acceptors (Lipinski definition) is 4. The lowest BCUT2D eigenvalue weighted by Gasteiger charge is -2.26. The van der Waals surface area contributed by atoms with Crippen LogP contribution < -0.4 is 4.74 Å². The number of nitrogens with zero attached hydrogens (tertiary/aromatic N) is 2. The number of aromatic carboxylic acids is 1. The van der Waals surface area contributed by atoms with E-state index in [1.165, 1.54) is 38.4 Å². The molecule has 2 heterocycles. The highest BCUT2D eigenvalue weighted by atomic mass is 16.5. The minimum Gasteiger partial charge on any atom is -0.494 e. The van der Waals surface area contributed by atoms with Gasteiger partial charge in [0.05, 0.1) is 12.1 Å². The molecule has 1 aromatic carbocycles. The summed E-state index contributed by atoms with van der Waals surface area (Å²) in [6.07, 6.45) is 5.02. The third kappa shape index (κ3) is 4.20. The van der Waals surface area contributed by atoms with Gasteiger partial charge in [0, 0.05) is 11.9 Å². The van der Waals surface area contributed by atoms with Gasteiger partial charge >= 0.3 is 5.97 Å². The van der Waals surface area contributed by atoms with Gasteiger partial charge in [-0.2, -0.15) is 0 Å². The van der Waals surface area contributed by atoms with Crippen LogP contribution in [0.2, 0.25) is 0 Å². The van der Waals surface area contributed by atoms with Crippen LogP contribution in [0.1, 0.15) is 36.2 Å². The summed E-state index contributed by atoms with van der Waals surface area (Å²) in [4.78, 5) is 17.5. The van der Waals surface area contributed by atoms with Gasteiger partial charge < -0.3 is 14.7 Å². The second-order valence-electron chi connectivity index (χ2n) is 5.96. The summed E-state index contributed by atoms with van der Waals surface area (Å²) in [5.74, 6) is -0.203. The van der Waals surface area contributed by atoms with Gasteiger partial charge in [0.2, 0.25) is 0 Å². The molecule has 1 saturated heterocycles. The molecule has 23 heavy (non-hydrogen) atoms. The molecule has 1 aliphatic rings. The number of carboxylic acids is 1. The third-order valence-corrected chi connectivity index (χ3v) is 4.22. The second kappa shape index (κ2) is 7.42. The van der Waals surface area contributed by atoms with Crippen molar-refractivity contribution < 1.29 is 14.6 Å². The summed E-state index contributed by atoms with van der Waals surface area (Å²) in [6, 6.07) is 8.86. The molecule has 0 atom stereocenters. The number of fused-ring (bicyclic) bond motifs is 1. The van der Waals surface area contributed by atoms with Gasteiger partial charge in [0.1, 0.15) is 11.4 Å². The summed E-state index contributed by atoms with van der Waals surface area (Å²) in [7, 11) is 0. The topological polar surface area (TPSA) is 62.7 Å². The first-order chi connectivity index (χ1) is 11.2. The van der Waals surface area contributed by atoms with Gasteiger partial charge in [-0.25, -0.2) is 9.78 Å². The lowest BCUT2D eigenvalue weighted by molar-refractivity contribution is 0.0691. The zero-order valence-electron chi connectivity index (χ0n) is 13.2. The number of piperidine rings is 1. The highest BCUT2D eigenvalue weighted by Gasteiger charge is 2.09. The van der Waals surface area contributed by atoms with Gasteiger partial charge in [0.15, 0.2) is 0 Å². The van der Waals surface area contributed by atoms with Crippen molar-refractivity contribution in [3.63, 3.8) is 0 Å². The van der Waals surface area contributed by atoms with E-state index < -0.39 is 5.97 Å². The van der Waals surface area contributed by atoms with Crippen molar-refractivity contribution in [3.05, 3.63) is 36.0 Å². The zero-order chi connectivity index (χ0) is 16.1. The molecule has 0 saturated carbocycles. The Morgan fingerprint density at radius 1 is 1.17 bits per heavy atom. The molecule has 122 valence electrons. The van der Waals surface area contributed by atoms with Crippen molar-refractivity contribution in [2.75, 3.05) is 26.2 Å². The van der Waals surface area contributed by atoms with E-state index in [1.807, 2.05) is 18.2 Å². The van der Waals surface area contributed by atoms with Crippen molar-refractivity contribution in [1.29, 1.82) is 0 Å². The van der Waals surface area contributed by atoms with Crippen LogP contribution in [0.5, 0.6) is 5.75 Å². The Bertz CT molecular complexity index is 681. The zero-order valence-corrected chi connectivity index (χ0v) is 13.2.